The molecule has 0 aliphatic heterocycles. The summed E-state index contributed by atoms with van der Waals surface area (Å²) in [5, 5.41) is 0. The Hall–Kier alpha value is -3.31. The Morgan fingerprint density at radius 3 is 2.48 bits per heavy atom. The minimum atomic E-state index is -3.78. The Labute approximate surface area is 191 Å². The third-order valence-corrected chi connectivity index (χ3v) is 7.10. The molecular weight excluding hydrogens is 449 g/mol. The van der Waals surface area contributed by atoms with Crippen molar-refractivity contribution in [1.82, 2.24) is 24.7 Å². The van der Waals surface area contributed by atoms with E-state index in [0.717, 1.165) is 34.3 Å². The van der Waals surface area contributed by atoms with Crippen LogP contribution in [0, 0.1) is 12.7 Å². The summed E-state index contributed by atoms with van der Waals surface area (Å²) in [5.74, 6) is -0.612. The molecule has 2 amide bonds. The van der Waals surface area contributed by atoms with E-state index >= 15 is 0 Å². The Kier molecular flexibility index (Phi) is 7.44. The molecule has 176 valence electrons. The van der Waals surface area contributed by atoms with Crippen LogP contribution in [0.25, 0.3) is 11.0 Å². The SMILES string of the molecule is CCn1c(C)nc2cc(C(=O)NNC(=O)CCCN(C)S(=O)(=O)c3ccc(F)cc3)ccc21. The number of aryl methyl sites for hydroxylation is 2. The number of fused-ring (bicyclic) bond motifs is 1. The first-order chi connectivity index (χ1) is 15.6. The summed E-state index contributed by atoms with van der Waals surface area (Å²) >= 11 is 0. The first-order valence-electron chi connectivity index (χ1n) is 10.4. The first kappa shape index (κ1) is 24.3. The largest absolute Gasteiger partial charge is 0.329 e. The zero-order valence-corrected chi connectivity index (χ0v) is 19.4. The highest BCUT2D eigenvalue weighted by molar-refractivity contribution is 7.89. The molecule has 0 saturated carbocycles. The number of aromatic nitrogens is 2. The van der Waals surface area contributed by atoms with E-state index in [0.29, 0.717) is 11.1 Å². The summed E-state index contributed by atoms with van der Waals surface area (Å²) in [6.45, 7) is 4.76. The van der Waals surface area contributed by atoms with Gasteiger partial charge in [-0.25, -0.2) is 22.1 Å². The number of sulfonamides is 1. The van der Waals surface area contributed by atoms with Gasteiger partial charge in [-0.05, 0) is 62.7 Å². The predicted molar refractivity (Wildman–Crippen MR) is 121 cm³/mol. The Morgan fingerprint density at radius 2 is 1.82 bits per heavy atom. The molecule has 0 atom stereocenters. The monoisotopic (exact) mass is 475 g/mol. The molecule has 11 heteroatoms. The van der Waals surface area contributed by atoms with Crippen LogP contribution in [0.4, 0.5) is 4.39 Å². The number of halogens is 1. The van der Waals surface area contributed by atoms with Crippen LogP contribution in [0.2, 0.25) is 0 Å². The summed E-state index contributed by atoms with van der Waals surface area (Å²) in [5.41, 5.74) is 6.67. The van der Waals surface area contributed by atoms with Crippen LogP contribution < -0.4 is 10.9 Å². The molecule has 0 radical (unpaired) electrons. The Balaban J connectivity index is 1.48. The number of carbonyl (C=O) groups excluding carboxylic acids is 2. The topological polar surface area (TPSA) is 113 Å². The van der Waals surface area contributed by atoms with Gasteiger partial charge in [0.2, 0.25) is 15.9 Å². The van der Waals surface area contributed by atoms with Gasteiger partial charge in [0.15, 0.2) is 0 Å². The maximum absolute atomic E-state index is 13.0. The van der Waals surface area contributed by atoms with E-state index in [1.54, 1.807) is 12.1 Å². The molecule has 0 aliphatic carbocycles. The highest BCUT2D eigenvalue weighted by Crippen LogP contribution is 2.18. The number of benzene rings is 2. The van der Waals surface area contributed by atoms with Gasteiger partial charge >= 0.3 is 0 Å². The van der Waals surface area contributed by atoms with Crippen molar-refractivity contribution in [3.05, 3.63) is 59.7 Å². The lowest BCUT2D eigenvalue weighted by molar-refractivity contribution is -0.122. The fourth-order valence-corrected chi connectivity index (χ4v) is 4.63. The van der Waals surface area contributed by atoms with E-state index in [-0.39, 0.29) is 24.3 Å². The number of nitrogens with zero attached hydrogens (tertiary/aromatic N) is 3. The molecule has 0 fully saturated rings. The maximum Gasteiger partial charge on any atom is 0.269 e. The van der Waals surface area contributed by atoms with E-state index in [4.69, 9.17) is 0 Å². The average Bonchev–Trinajstić information content (AvgIpc) is 3.11. The van der Waals surface area contributed by atoms with Crippen molar-refractivity contribution < 1.29 is 22.4 Å². The lowest BCUT2D eigenvalue weighted by Crippen LogP contribution is -2.41. The zero-order valence-electron chi connectivity index (χ0n) is 18.6. The van der Waals surface area contributed by atoms with Crippen molar-refractivity contribution in [2.75, 3.05) is 13.6 Å². The van der Waals surface area contributed by atoms with Crippen LogP contribution >= 0.6 is 0 Å². The maximum atomic E-state index is 13.0. The molecule has 0 bridgehead atoms. The van der Waals surface area contributed by atoms with Gasteiger partial charge in [0, 0.05) is 32.1 Å². The highest BCUT2D eigenvalue weighted by Gasteiger charge is 2.20. The van der Waals surface area contributed by atoms with Gasteiger partial charge in [-0.1, -0.05) is 0 Å². The van der Waals surface area contributed by atoms with E-state index in [1.165, 1.54) is 19.2 Å². The van der Waals surface area contributed by atoms with Crippen molar-refractivity contribution in [2.24, 2.45) is 0 Å². The second-order valence-electron chi connectivity index (χ2n) is 7.49. The summed E-state index contributed by atoms with van der Waals surface area (Å²) in [4.78, 5) is 28.9. The van der Waals surface area contributed by atoms with E-state index in [1.807, 2.05) is 24.5 Å². The highest BCUT2D eigenvalue weighted by atomic mass is 32.2. The molecule has 3 aromatic rings. The molecule has 1 aromatic heterocycles. The van der Waals surface area contributed by atoms with Gasteiger partial charge in [0.1, 0.15) is 11.6 Å². The molecule has 0 aliphatic rings. The van der Waals surface area contributed by atoms with E-state index in [9.17, 15) is 22.4 Å². The quantitative estimate of drug-likeness (QED) is 0.486. The van der Waals surface area contributed by atoms with Crippen molar-refractivity contribution in [1.29, 1.82) is 0 Å². The van der Waals surface area contributed by atoms with Gasteiger partial charge in [0.05, 0.1) is 15.9 Å². The third-order valence-electron chi connectivity index (χ3n) is 5.23. The summed E-state index contributed by atoms with van der Waals surface area (Å²) in [6.07, 6.45) is 0.237. The van der Waals surface area contributed by atoms with Crippen LogP contribution in [-0.2, 0) is 21.4 Å². The number of imidazole rings is 1. The van der Waals surface area contributed by atoms with Crippen LogP contribution in [0.15, 0.2) is 47.4 Å². The predicted octanol–water partition coefficient (Wildman–Crippen LogP) is 2.37. The number of carbonyl (C=O) groups is 2. The van der Waals surface area contributed by atoms with Crippen molar-refractivity contribution in [2.45, 2.75) is 38.1 Å². The third kappa shape index (κ3) is 5.55. The number of hydrogen-bond acceptors (Lipinski definition) is 5. The molecule has 2 aromatic carbocycles. The summed E-state index contributed by atoms with van der Waals surface area (Å²) in [7, 11) is -2.39. The summed E-state index contributed by atoms with van der Waals surface area (Å²) < 4.78 is 41.1. The van der Waals surface area contributed by atoms with E-state index in [2.05, 4.69) is 15.8 Å². The number of rotatable bonds is 8. The average molecular weight is 476 g/mol. The van der Waals surface area contributed by atoms with Gasteiger partial charge in [0.25, 0.3) is 5.91 Å². The molecule has 0 unspecified atom stereocenters. The van der Waals surface area contributed by atoms with Crippen molar-refractivity contribution >= 4 is 32.9 Å². The van der Waals surface area contributed by atoms with Gasteiger partial charge in [-0.3, -0.25) is 20.4 Å². The lowest BCUT2D eigenvalue weighted by Gasteiger charge is -2.17. The normalized spacial score (nSPS) is 11.7. The molecule has 3 rings (SSSR count). The number of nitrogens with one attached hydrogen (secondary N) is 2. The Bertz CT molecular complexity index is 1270. The van der Waals surface area contributed by atoms with Crippen LogP contribution in [0.3, 0.4) is 0 Å². The van der Waals surface area contributed by atoms with Crippen LogP contribution in [0.1, 0.15) is 35.9 Å². The van der Waals surface area contributed by atoms with Crippen molar-refractivity contribution in [3.63, 3.8) is 0 Å². The van der Waals surface area contributed by atoms with E-state index < -0.39 is 27.7 Å². The molecule has 0 spiro atoms. The Morgan fingerprint density at radius 1 is 1.12 bits per heavy atom. The minimum Gasteiger partial charge on any atom is -0.329 e. The molecule has 33 heavy (non-hydrogen) atoms. The minimum absolute atomic E-state index is 0.00267. The second-order valence-corrected chi connectivity index (χ2v) is 9.54. The van der Waals surface area contributed by atoms with Gasteiger partial charge in [-0.2, -0.15) is 0 Å². The number of hydrazine groups is 1. The fourth-order valence-electron chi connectivity index (χ4n) is 3.42. The van der Waals surface area contributed by atoms with Crippen molar-refractivity contribution in [3.8, 4) is 0 Å². The molecule has 1 heterocycles. The van der Waals surface area contributed by atoms with Gasteiger partial charge < -0.3 is 4.57 Å². The second kappa shape index (κ2) is 10.1. The first-order valence-corrected chi connectivity index (χ1v) is 11.9. The molecular formula is C22H26FN5O4S. The molecule has 0 saturated heterocycles. The fraction of sp³-hybridized carbons (Fsp3) is 0.318. The van der Waals surface area contributed by atoms with Crippen LogP contribution in [0.5, 0.6) is 0 Å². The summed E-state index contributed by atoms with van der Waals surface area (Å²) in [6, 6.07) is 9.66. The zero-order chi connectivity index (χ0) is 24.2. The smallest absolute Gasteiger partial charge is 0.269 e. The van der Waals surface area contributed by atoms with Gasteiger partial charge in [-0.15, -0.1) is 0 Å². The molecule has 2 N–H and O–H groups in total. The van der Waals surface area contributed by atoms with Crippen LogP contribution in [-0.4, -0.2) is 47.7 Å². The lowest BCUT2D eigenvalue weighted by atomic mass is 10.2. The standard InChI is InChI=1S/C22H26FN5O4S/c1-4-28-15(2)24-19-14-16(7-12-20(19)28)22(30)26-25-21(29)6-5-13-27(3)33(31,32)18-10-8-17(23)9-11-18/h7-12,14H,4-6,13H2,1-3H3,(H,25,29)(H,26,30). The number of amides is 2. The molecule has 9 nitrogen and oxygen atoms in total. The number of hydrogen-bond donors (Lipinski definition) is 2.